The third kappa shape index (κ3) is 3.16. The number of aryl methyl sites for hydroxylation is 1. The molecule has 0 fully saturated rings. The van der Waals surface area contributed by atoms with E-state index >= 15 is 0 Å². The fraction of sp³-hybridized carbons (Fsp3) is 0.462. The number of thioether (sulfide) groups is 1. The van der Waals surface area contributed by atoms with Gasteiger partial charge in [0.05, 0.1) is 6.54 Å². The largest absolute Gasteiger partial charge is 0.352 e. The van der Waals surface area contributed by atoms with Crippen molar-refractivity contribution < 1.29 is 0 Å². The number of hydrogen-bond donors (Lipinski definition) is 2. The molecule has 0 saturated carbocycles. The van der Waals surface area contributed by atoms with E-state index in [9.17, 15) is 0 Å². The molecule has 4 heteroatoms. The second-order valence-electron chi connectivity index (χ2n) is 4.40. The van der Waals surface area contributed by atoms with Crippen molar-refractivity contribution >= 4 is 17.7 Å². The van der Waals surface area contributed by atoms with Crippen LogP contribution >= 0.6 is 11.8 Å². The van der Waals surface area contributed by atoms with Gasteiger partial charge in [-0.25, -0.2) is 0 Å². The predicted molar refractivity (Wildman–Crippen MR) is 74.7 cm³/mol. The summed E-state index contributed by atoms with van der Waals surface area (Å²) in [6.45, 7) is 5.96. The van der Waals surface area contributed by atoms with E-state index in [2.05, 4.69) is 53.9 Å². The van der Waals surface area contributed by atoms with Crippen LogP contribution in [0.25, 0.3) is 0 Å². The number of benzene rings is 1. The normalized spacial score (nSPS) is 18.8. The van der Waals surface area contributed by atoms with E-state index in [0.29, 0.717) is 6.04 Å². The van der Waals surface area contributed by atoms with E-state index in [4.69, 9.17) is 0 Å². The maximum absolute atomic E-state index is 4.39. The summed E-state index contributed by atoms with van der Waals surface area (Å²) in [7, 11) is 0. The third-order valence-electron chi connectivity index (χ3n) is 2.80. The van der Waals surface area contributed by atoms with Crippen molar-refractivity contribution in [2.75, 3.05) is 12.8 Å². The highest BCUT2D eigenvalue weighted by atomic mass is 32.2. The molecule has 0 saturated heterocycles. The summed E-state index contributed by atoms with van der Waals surface area (Å²) in [5, 5.41) is 6.65. The Kier molecular flexibility index (Phi) is 3.94. The highest BCUT2D eigenvalue weighted by Gasteiger charge is 2.12. The van der Waals surface area contributed by atoms with Gasteiger partial charge in [-0.1, -0.05) is 12.1 Å². The molecule has 1 unspecified atom stereocenters. The van der Waals surface area contributed by atoms with Gasteiger partial charge in [-0.3, -0.25) is 4.99 Å². The quantitative estimate of drug-likeness (QED) is 0.806. The zero-order valence-electron chi connectivity index (χ0n) is 10.6. The lowest BCUT2D eigenvalue weighted by Gasteiger charge is -2.12. The van der Waals surface area contributed by atoms with Gasteiger partial charge in [0.2, 0.25) is 0 Å². The zero-order chi connectivity index (χ0) is 12.3. The second kappa shape index (κ2) is 5.45. The highest BCUT2D eigenvalue weighted by Crippen LogP contribution is 2.21. The number of nitrogens with one attached hydrogen (secondary N) is 2. The summed E-state index contributed by atoms with van der Waals surface area (Å²) in [4.78, 5) is 5.73. The van der Waals surface area contributed by atoms with E-state index in [1.807, 2.05) is 0 Å². The first kappa shape index (κ1) is 12.3. The van der Waals surface area contributed by atoms with Crippen LogP contribution in [-0.4, -0.2) is 24.8 Å². The molecule has 1 aliphatic heterocycles. The van der Waals surface area contributed by atoms with Crippen molar-refractivity contribution in [3.8, 4) is 0 Å². The first-order chi connectivity index (χ1) is 8.19. The molecule has 0 amide bonds. The number of aliphatic imine (C=N–C) groups is 1. The van der Waals surface area contributed by atoms with Crippen molar-refractivity contribution in [2.45, 2.75) is 31.3 Å². The Morgan fingerprint density at radius 2 is 2.35 bits per heavy atom. The van der Waals surface area contributed by atoms with Crippen LogP contribution in [0.4, 0.5) is 0 Å². The fourth-order valence-corrected chi connectivity index (χ4v) is 2.54. The van der Waals surface area contributed by atoms with E-state index in [-0.39, 0.29) is 0 Å². The molecule has 0 bridgehead atoms. The molecule has 1 aliphatic rings. The molecule has 1 heterocycles. The zero-order valence-corrected chi connectivity index (χ0v) is 11.4. The molecule has 92 valence electrons. The molecule has 0 aromatic heterocycles. The third-order valence-corrected chi connectivity index (χ3v) is 3.62. The monoisotopic (exact) mass is 249 g/mol. The molecule has 17 heavy (non-hydrogen) atoms. The van der Waals surface area contributed by atoms with Gasteiger partial charge in [-0.05, 0) is 37.3 Å². The maximum atomic E-state index is 4.39. The van der Waals surface area contributed by atoms with Crippen molar-refractivity contribution in [3.63, 3.8) is 0 Å². The van der Waals surface area contributed by atoms with Gasteiger partial charge in [0.1, 0.15) is 0 Å². The second-order valence-corrected chi connectivity index (χ2v) is 5.25. The topological polar surface area (TPSA) is 36.4 Å². The van der Waals surface area contributed by atoms with Crippen molar-refractivity contribution in [3.05, 3.63) is 29.3 Å². The minimum absolute atomic E-state index is 0.454. The van der Waals surface area contributed by atoms with Crippen LogP contribution in [0, 0.1) is 6.92 Å². The SMILES string of the molecule is CSc1cc(C)ccc1CNC1=NCC(C)N1. The minimum atomic E-state index is 0.454. The first-order valence-corrected chi connectivity index (χ1v) is 7.10. The molecule has 1 aromatic rings. The van der Waals surface area contributed by atoms with Crippen LogP contribution in [0.3, 0.4) is 0 Å². The standard InChI is InChI=1S/C13H19N3S/c1-9-4-5-11(12(6-9)17-3)8-15-13-14-7-10(2)16-13/h4-6,10H,7-8H2,1-3H3,(H2,14,15,16). The lowest BCUT2D eigenvalue weighted by atomic mass is 10.1. The molecule has 1 atom stereocenters. The summed E-state index contributed by atoms with van der Waals surface area (Å²) in [5.74, 6) is 0.921. The summed E-state index contributed by atoms with van der Waals surface area (Å²) in [6, 6.07) is 7.03. The van der Waals surface area contributed by atoms with Gasteiger partial charge in [0.15, 0.2) is 5.96 Å². The van der Waals surface area contributed by atoms with Gasteiger partial charge in [-0.2, -0.15) is 0 Å². The van der Waals surface area contributed by atoms with Crippen LogP contribution in [0.5, 0.6) is 0 Å². The smallest absolute Gasteiger partial charge is 0.191 e. The van der Waals surface area contributed by atoms with E-state index in [1.165, 1.54) is 16.0 Å². The van der Waals surface area contributed by atoms with Crippen LogP contribution in [0.2, 0.25) is 0 Å². The van der Waals surface area contributed by atoms with E-state index in [1.54, 1.807) is 11.8 Å². The Labute approximate surface area is 107 Å². The molecular weight excluding hydrogens is 230 g/mol. The lowest BCUT2D eigenvalue weighted by molar-refractivity contribution is 0.712. The van der Waals surface area contributed by atoms with E-state index < -0.39 is 0 Å². The minimum Gasteiger partial charge on any atom is -0.352 e. The summed E-state index contributed by atoms with van der Waals surface area (Å²) >= 11 is 1.79. The number of guanidine groups is 1. The van der Waals surface area contributed by atoms with Crippen LogP contribution < -0.4 is 10.6 Å². The molecule has 0 spiro atoms. The maximum Gasteiger partial charge on any atom is 0.191 e. The Bertz CT molecular complexity index is 429. The Morgan fingerprint density at radius 3 is 3.00 bits per heavy atom. The van der Waals surface area contributed by atoms with Crippen molar-refractivity contribution in [1.82, 2.24) is 10.6 Å². The molecule has 1 aromatic carbocycles. The number of rotatable bonds is 3. The lowest BCUT2D eigenvalue weighted by Crippen LogP contribution is -2.37. The Morgan fingerprint density at radius 1 is 1.53 bits per heavy atom. The summed E-state index contributed by atoms with van der Waals surface area (Å²) < 4.78 is 0. The van der Waals surface area contributed by atoms with Crippen molar-refractivity contribution in [1.29, 1.82) is 0 Å². The molecular formula is C13H19N3S. The fourth-order valence-electron chi connectivity index (χ4n) is 1.84. The molecule has 3 nitrogen and oxygen atoms in total. The van der Waals surface area contributed by atoms with Crippen molar-refractivity contribution in [2.24, 2.45) is 4.99 Å². The van der Waals surface area contributed by atoms with Gasteiger partial charge in [-0.15, -0.1) is 11.8 Å². The molecule has 2 rings (SSSR count). The average molecular weight is 249 g/mol. The summed E-state index contributed by atoms with van der Waals surface area (Å²) in [6.07, 6.45) is 2.12. The predicted octanol–water partition coefficient (Wildman–Crippen LogP) is 2.15. The van der Waals surface area contributed by atoms with Gasteiger partial charge >= 0.3 is 0 Å². The molecule has 2 N–H and O–H groups in total. The molecule has 0 radical (unpaired) electrons. The van der Waals surface area contributed by atoms with E-state index in [0.717, 1.165) is 19.0 Å². The summed E-state index contributed by atoms with van der Waals surface area (Å²) in [5.41, 5.74) is 2.63. The Hall–Kier alpha value is -1.16. The van der Waals surface area contributed by atoms with Gasteiger partial charge < -0.3 is 10.6 Å². The van der Waals surface area contributed by atoms with Crippen LogP contribution in [0.1, 0.15) is 18.1 Å². The number of nitrogens with zero attached hydrogens (tertiary/aromatic N) is 1. The van der Waals surface area contributed by atoms with Crippen LogP contribution in [0.15, 0.2) is 28.1 Å². The first-order valence-electron chi connectivity index (χ1n) is 5.87. The molecule has 0 aliphatic carbocycles. The highest BCUT2D eigenvalue weighted by molar-refractivity contribution is 7.98. The van der Waals surface area contributed by atoms with Gasteiger partial charge in [0, 0.05) is 17.5 Å². The van der Waals surface area contributed by atoms with Gasteiger partial charge in [0.25, 0.3) is 0 Å². The van der Waals surface area contributed by atoms with Crippen LogP contribution in [-0.2, 0) is 6.54 Å². The average Bonchev–Trinajstić information content (AvgIpc) is 2.73. The number of hydrogen-bond acceptors (Lipinski definition) is 4. The Balaban J connectivity index is 1.99.